The number of carbonyl (C=O) groups is 1. The van der Waals surface area contributed by atoms with Gasteiger partial charge in [0.2, 0.25) is 0 Å². The molecule has 1 amide bonds. The van der Waals surface area contributed by atoms with Crippen LogP contribution in [0.2, 0.25) is 0 Å². The molecule has 6 nitrogen and oxygen atoms in total. The summed E-state index contributed by atoms with van der Waals surface area (Å²) in [6.07, 6.45) is 8.61. The van der Waals surface area contributed by atoms with Crippen LogP contribution in [0.25, 0.3) is 15.9 Å². The van der Waals surface area contributed by atoms with Gasteiger partial charge >= 0.3 is 0 Å². The molecule has 0 radical (unpaired) electrons. The summed E-state index contributed by atoms with van der Waals surface area (Å²) in [5.74, 6) is 0.908. The van der Waals surface area contributed by atoms with E-state index in [2.05, 4.69) is 15.3 Å². The first kappa shape index (κ1) is 17.2. The third-order valence-electron chi connectivity index (χ3n) is 5.20. The molecule has 0 bridgehead atoms. The summed E-state index contributed by atoms with van der Waals surface area (Å²) < 4.78 is 2.71. The van der Waals surface area contributed by atoms with Crippen LogP contribution in [-0.4, -0.2) is 37.7 Å². The standard InChI is InChI=1S/C19H22N4O2S/c1-12(24)13-2-4-15(5-3-13)21-19(25)17-18-14(6-9-26-18)10-16(22-17)23-8-7-20-11-23/h6-13,15,24H,2-5H2,1H3,(H,21,25)/t12-,13-,15-/m1/s1. The largest absolute Gasteiger partial charge is 0.393 e. The molecule has 0 aliphatic heterocycles. The fourth-order valence-corrected chi connectivity index (χ4v) is 4.51. The van der Waals surface area contributed by atoms with Gasteiger partial charge in [-0.1, -0.05) is 0 Å². The molecular formula is C19H22N4O2S. The summed E-state index contributed by atoms with van der Waals surface area (Å²) >= 11 is 1.53. The lowest BCUT2D eigenvalue weighted by Gasteiger charge is -2.30. The molecule has 1 aliphatic rings. The Labute approximate surface area is 155 Å². The van der Waals surface area contributed by atoms with E-state index in [1.54, 1.807) is 12.5 Å². The second kappa shape index (κ2) is 7.17. The van der Waals surface area contributed by atoms with Crippen molar-refractivity contribution in [2.45, 2.75) is 44.8 Å². The number of aliphatic hydroxyl groups is 1. The Kier molecular flexibility index (Phi) is 4.74. The zero-order chi connectivity index (χ0) is 18.1. The van der Waals surface area contributed by atoms with Gasteiger partial charge in [0.25, 0.3) is 5.91 Å². The minimum absolute atomic E-state index is 0.125. The Morgan fingerprint density at radius 3 is 2.88 bits per heavy atom. The van der Waals surface area contributed by atoms with Gasteiger partial charge in [-0.2, -0.15) is 0 Å². The zero-order valence-corrected chi connectivity index (χ0v) is 15.4. The number of rotatable bonds is 4. The molecule has 1 aliphatic carbocycles. The molecule has 7 heteroatoms. The molecule has 1 atom stereocenters. The van der Waals surface area contributed by atoms with Crippen LogP contribution >= 0.6 is 11.3 Å². The van der Waals surface area contributed by atoms with Crippen LogP contribution in [0.3, 0.4) is 0 Å². The first-order chi connectivity index (χ1) is 12.6. The minimum Gasteiger partial charge on any atom is -0.393 e. The SMILES string of the molecule is C[C@@H](O)[C@H]1CC[C@H](NC(=O)c2nc(-n3ccnc3)cc3ccsc23)CC1. The van der Waals surface area contributed by atoms with E-state index in [9.17, 15) is 9.90 Å². The smallest absolute Gasteiger partial charge is 0.271 e. The number of aliphatic hydroxyl groups excluding tert-OH is 1. The highest BCUT2D eigenvalue weighted by atomic mass is 32.1. The predicted octanol–water partition coefficient (Wildman–Crippen LogP) is 3.15. The second-order valence-electron chi connectivity index (χ2n) is 6.96. The summed E-state index contributed by atoms with van der Waals surface area (Å²) in [6.45, 7) is 1.85. The molecule has 4 rings (SSSR count). The number of amides is 1. The van der Waals surface area contributed by atoms with Crippen molar-refractivity contribution in [3.05, 3.63) is 41.9 Å². The molecule has 3 aromatic heterocycles. The van der Waals surface area contributed by atoms with Crippen LogP contribution in [-0.2, 0) is 0 Å². The van der Waals surface area contributed by atoms with E-state index in [0.29, 0.717) is 17.4 Å². The van der Waals surface area contributed by atoms with Crippen LogP contribution in [0.5, 0.6) is 0 Å². The van der Waals surface area contributed by atoms with Crippen molar-refractivity contribution in [1.29, 1.82) is 0 Å². The maximum atomic E-state index is 12.9. The van der Waals surface area contributed by atoms with Gasteiger partial charge in [0.15, 0.2) is 0 Å². The van der Waals surface area contributed by atoms with E-state index in [0.717, 1.165) is 35.8 Å². The number of nitrogens with one attached hydrogen (secondary N) is 1. The Hall–Kier alpha value is -2.25. The first-order valence-electron chi connectivity index (χ1n) is 8.97. The minimum atomic E-state index is -0.272. The average Bonchev–Trinajstić information content (AvgIpc) is 3.32. The number of pyridine rings is 1. The van der Waals surface area contributed by atoms with Gasteiger partial charge in [-0.25, -0.2) is 9.97 Å². The molecule has 3 aromatic rings. The molecule has 0 saturated heterocycles. The van der Waals surface area contributed by atoms with Gasteiger partial charge in [0.1, 0.15) is 17.8 Å². The van der Waals surface area contributed by atoms with E-state index < -0.39 is 0 Å². The number of nitrogens with zero attached hydrogens (tertiary/aromatic N) is 3. The fraction of sp³-hybridized carbons (Fsp3) is 0.421. The normalized spacial score (nSPS) is 21.6. The van der Waals surface area contributed by atoms with Crippen LogP contribution in [0, 0.1) is 5.92 Å². The van der Waals surface area contributed by atoms with Crippen LogP contribution in [0.4, 0.5) is 0 Å². The summed E-state index contributed by atoms with van der Waals surface area (Å²) in [4.78, 5) is 21.6. The zero-order valence-electron chi connectivity index (χ0n) is 14.6. The van der Waals surface area contributed by atoms with Crippen LogP contribution in [0.15, 0.2) is 36.2 Å². The van der Waals surface area contributed by atoms with E-state index in [1.807, 2.05) is 35.2 Å². The van der Waals surface area contributed by atoms with Gasteiger partial charge < -0.3 is 10.4 Å². The number of imidazole rings is 1. The van der Waals surface area contributed by atoms with Crippen molar-refractivity contribution in [3.63, 3.8) is 0 Å². The Morgan fingerprint density at radius 2 is 2.19 bits per heavy atom. The van der Waals surface area contributed by atoms with Crippen molar-refractivity contribution in [2.75, 3.05) is 0 Å². The van der Waals surface area contributed by atoms with Crippen molar-refractivity contribution >= 4 is 27.3 Å². The number of hydrogen-bond acceptors (Lipinski definition) is 5. The number of aromatic nitrogens is 3. The lowest BCUT2D eigenvalue weighted by Crippen LogP contribution is -2.39. The van der Waals surface area contributed by atoms with E-state index in [4.69, 9.17) is 0 Å². The van der Waals surface area contributed by atoms with Crippen LogP contribution in [0.1, 0.15) is 43.1 Å². The summed E-state index contributed by atoms with van der Waals surface area (Å²) in [6, 6.07) is 4.12. The third kappa shape index (κ3) is 3.37. The van der Waals surface area contributed by atoms with E-state index in [-0.39, 0.29) is 18.1 Å². The molecule has 26 heavy (non-hydrogen) atoms. The molecule has 2 N–H and O–H groups in total. The third-order valence-corrected chi connectivity index (χ3v) is 6.13. The fourth-order valence-electron chi connectivity index (χ4n) is 3.64. The van der Waals surface area contributed by atoms with E-state index >= 15 is 0 Å². The van der Waals surface area contributed by atoms with E-state index in [1.165, 1.54) is 11.3 Å². The molecular weight excluding hydrogens is 348 g/mol. The second-order valence-corrected chi connectivity index (χ2v) is 7.88. The molecule has 0 unspecified atom stereocenters. The maximum Gasteiger partial charge on any atom is 0.271 e. The molecule has 0 spiro atoms. The highest BCUT2D eigenvalue weighted by Gasteiger charge is 2.26. The van der Waals surface area contributed by atoms with Crippen molar-refractivity contribution in [3.8, 4) is 5.82 Å². The molecule has 0 aromatic carbocycles. The van der Waals surface area contributed by atoms with Crippen molar-refractivity contribution in [2.24, 2.45) is 5.92 Å². The monoisotopic (exact) mass is 370 g/mol. The predicted molar refractivity (Wildman–Crippen MR) is 102 cm³/mol. The Balaban J connectivity index is 1.56. The summed E-state index contributed by atoms with van der Waals surface area (Å²) in [7, 11) is 0. The maximum absolute atomic E-state index is 12.9. The van der Waals surface area contributed by atoms with Crippen molar-refractivity contribution in [1.82, 2.24) is 19.9 Å². The van der Waals surface area contributed by atoms with Gasteiger partial charge in [0.05, 0.1) is 10.8 Å². The molecule has 136 valence electrons. The summed E-state index contributed by atoms with van der Waals surface area (Å²) in [5, 5.41) is 15.9. The molecule has 1 fully saturated rings. The Morgan fingerprint density at radius 1 is 1.38 bits per heavy atom. The highest BCUT2D eigenvalue weighted by molar-refractivity contribution is 7.17. The number of thiophene rings is 1. The number of carbonyl (C=O) groups excluding carboxylic acids is 1. The number of hydrogen-bond donors (Lipinski definition) is 2. The topological polar surface area (TPSA) is 80.0 Å². The quantitative estimate of drug-likeness (QED) is 0.739. The Bertz CT molecular complexity index is 896. The molecule has 1 saturated carbocycles. The van der Waals surface area contributed by atoms with Gasteiger partial charge in [-0.3, -0.25) is 9.36 Å². The first-order valence-corrected chi connectivity index (χ1v) is 9.85. The van der Waals surface area contributed by atoms with Gasteiger partial charge in [0, 0.05) is 18.4 Å². The highest BCUT2D eigenvalue weighted by Crippen LogP contribution is 2.29. The van der Waals surface area contributed by atoms with Crippen LogP contribution < -0.4 is 5.32 Å². The van der Waals surface area contributed by atoms with Gasteiger partial charge in [-0.05, 0) is 61.4 Å². The van der Waals surface area contributed by atoms with Crippen molar-refractivity contribution < 1.29 is 9.90 Å². The lowest BCUT2D eigenvalue weighted by atomic mass is 9.83. The molecule has 3 heterocycles. The lowest BCUT2D eigenvalue weighted by molar-refractivity contribution is 0.0830. The van der Waals surface area contributed by atoms with Gasteiger partial charge in [-0.15, -0.1) is 11.3 Å². The average molecular weight is 370 g/mol. The summed E-state index contributed by atoms with van der Waals surface area (Å²) in [5.41, 5.74) is 0.471. The number of fused-ring (bicyclic) bond motifs is 1.